The molecular weight excluding hydrogens is 650 g/mol. The smallest absolute Gasteiger partial charge is 0.347 e. The van der Waals surface area contributed by atoms with Crippen molar-refractivity contribution in [3.8, 4) is 34.3 Å². The van der Waals surface area contributed by atoms with E-state index in [4.69, 9.17) is 27.8 Å². The van der Waals surface area contributed by atoms with Crippen LogP contribution in [-0.4, -0.2) is 96.0 Å². The zero-order chi connectivity index (χ0) is 35.7. The van der Waals surface area contributed by atoms with Crippen molar-refractivity contribution in [2.24, 2.45) is 0 Å². The minimum Gasteiger partial charge on any atom is -0.502 e. The third-order valence-corrected chi connectivity index (χ3v) is 8.47. The molecule has 7 N–H and O–H groups in total. The number of allylic oxidation sites excluding steroid dienone is 2. The monoisotopic (exact) mass is 689 g/mol. The summed E-state index contributed by atoms with van der Waals surface area (Å²) < 4.78 is 35.2. The van der Waals surface area contributed by atoms with Gasteiger partial charge in [0.15, 0.2) is 23.0 Å². The zero-order valence-electron chi connectivity index (χ0n) is 27.7. The van der Waals surface area contributed by atoms with Gasteiger partial charge in [0.25, 0.3) is 0 Å². The van der Waals surface area contributed by atoms with Crippen LogP contribution in [0.4, 0.5) is 5.69 Å². The van der Waals surface area contributed by atoms with E-state index in [9.17, 15) is 30.3 Å². The molecule has 2 aromatic heterocycles. The summed E-state index contributed by atoms with van der Waals surface area (Å²) in [7, 11) is 6.84. The van der Waals surface area contributed by atoms with E-state index in [1.165, 1.54) is 43.4 Å². The third kappa shape index (κ3) is 6.70. The number of ether oxygens (including phenoxy) is 4. The first-order chi connectivity index (χ1) is 24.0. The molecule has 5 atom stereocenters. The molecule has 3 aromatic carbocycles. The Kier molecular flexibility index (Phi) is 9.97. The maximum absolute atomic E-state index is 10.9. The summed E-state index contributed by atoms with van der Waals surface area (Å²) in [4.78, 5) is 11.9. The molecule has 0 unspecified atom stereocenters. The van der Waals surface area contributed by atoms with Gasteiger partial charge in [-0.25, -0.2) is 0 Å². The van der Waals surface area contributed by atoms with Gasteiger partial charge in [0.05, 0.1) is 52.4 Å². The van der Waals surface area contributed by atoms with E-state index >= 15 is 0 Å². The minimum atomic E-state index is -1.74. The highest BCUT2D eigenvalue weighted by Gasteiger charge is 2.45. The van der Waals surface area contributed by atoms with Crippen molar-refractivity contribution in [2.75, 3.05) is 34.9 Å². The van der Waals surface area contributed by atoms with Crippen LogP contribution in [0.15, 0.2) is 75.6 Å². The summed E-state index contributed by atoms with van der Waals surface area (Å²) in [5.74, 6) is 0.201. The highest BCUT2D eigenvalue weighted by molar-refractivity contribution is 6.10. The molecule has 6 rings (SSSR count). The number of aliphatic hydroxyl groups excluding tert-OH is 4. The van der Waals surface area contributed by atoms with Gasteiger partial charge >= 0.3 is 5.43 Å². The van der Waals surface area contributed by atoms with Crippen molar-refractivity contribution < 1.29 is 63.0 Å². The molecule has 0 aliphatic carbocycles. The van der Waals surface area contributed by atoms with Gasteiger partial charge in [0.2, 0.25) is 12.0 Å². The van der Waals surface area contributed by atoms with Crippen molar-refractivity contribution in [3.63, 3.8) is 0 Å². The number of quaternary nitrogens is 1. The largest absolute Gasteiger partial charge is 0.502 e. The SMILES string of the molecule is COc1cc(-c2oc3cc(=[OH+])cc4oc(/C=C/C=C/c5ccc([NH+](C)C)cc5)cc(c2O[C@@H]2O[C@H](CO)[C@@H](O)[C@H](O)[C@H]2O)c43)cc(OC)c1O. The average Bonchev–Trinajstić information content (AvgIpc) is 3.11. The summed E-state index contributed by atoms with van der Waals surface area (Å²) in [5, 5.41) is 53.1. The second-order valence-corrected chi connectivity index (χ2v) is 12.0. The van der Waals surface area contributed by atoms with Crippen LogP contribution in [-0.2, 0) is 4.74 Å². The number of benzene rings is 3. The molecule has 0 bridgehead atoms. The first-order valence-electron chi connectivity index (χ1n) is 15.8. The van der Waals surface area contributed by atoms with Gasteiger partial charge in [0, 0.05) is 10.9 Å². The number of nitrogens with one attached hydrogen (secondary N) is 1. The molecule has 0 amide bonds. The zero-order valence-corrected chi connectivity index (χ0v) is 27.7. The van der Waals surface area contributed by atoms with E-state index in [1.54, 1.807) is 18.2 Å². The van der Waals surface area contributed by atoms with Crippen molar-refractivity contribution in [1.29, 1.82) is 0 Å². The molecule has 1 aliphatic rings. The Morgan fingerprint density at radius 2 is 1.48 bits per heavy atom. The standard InChI is InChI=1S/C37H37NO12/c1-38(2)21-11-9-19(10-12-21)7-5-6-8-23-17-24-30-25(47-23)15-22(40)16-26(30)48-35(20-13-27(45-3)31(41)28(14-20)46-4)36(24)50-37-34(44)33(43)32(42)29(18-39)49-37/h5-17,29,32-34,37,39,41-44H,18H2,1-4H3/p+2/b7-5+,8-6+/t29-,32-,33+,34-,37+/m1/s1. The maximum atomic E-state index is 10.9. The van der Waals surface area contributed by atoms with E-state index in [-0.39, 0.29) is 45.4 Å². The van der Waals surface area contributed by atoms with Crippen LogP contribution in [0.3, 0.4) is 0 Å². The molecular formula is C37H39NO12+2. The molecule has 262 valence electrons. The summed E-state index contributed by atoms with van der Waals surface area (Å²) in [5.41, 5.74) is 2.73. The van der Waals surface area contributed by atoms with E-state index in [0.29, 0.717) is 22.1 Å². The van der Waals surface area contributed by atoms with Crippen LogP contribution in [0.5, 0.6) is 23.0 Å². The van der Waals surface area contributed by atoms with Crippen molar-refractivity contribution in [2.45, 2.75) is 30.7 Å². The first-order valence-corrected chi connectivity index (χ1v) is 15.8. The summed E-state index contributed by atoms with van der Waals surface area (Å²) >= 11 is 0. The lowest BCUT2D eigenvalue weighted by Crippen LogP contribution is -3.00. The molecule has 0 saturated carbocycles. The number of aromatic hydroxyl groups is 1. The summed E-state index contributed by atoms with van der Waals surface area (Å²) in [6, 6.07) is 15.5. The number of methoxy groups -OCH3 is 2. The Bertz CT molecular complexity index is 2090. The summed E-state index contributed by atoms with van der Waals surface area (Å²) in [6.07, 6.45) is -0.630. The van der Waals surface area contributed by atoms with Crippen molar-refractivity contribution in [1.82, 2.24) is 0 Å². The quantitative estimate of drug-likeness (QED) is 0.0932. The van der Waals surface area contributed by atoms with Gasteiger partial charge in [0.1, 0.15) is 47.0 Å². The first kappa shape index (κ1) is 34.7. The van der Waals surface area contributed by atoms with Gasteiger partial charge in [-0.15, -0.1) is 0 Å². The van der Waals surface area contributed by atoms with Crippen molar-refractivity contribution >= 4 is 39.8 Å². The molecule has 1 aliphatic heterocycles. The third-order valence-electron chi connectivity index (χ3n) is 8.47. The molecule has 1 saturated heterocycles. The number of hydrogen-bond acceptors (Lipinski definition) is 11. The van der Waals surface area contributed by atoms with E-state index in [0.717, 1.165) is 11.3 Å². The molecule has 50 heavy (non-hydrogen) atoms. The summed E-state index contributed by atoms with van der Waals surface area (Å²) in [6.45, 7) is -0.667. The lowest BCUT2D eigenvalue weighted by atomic mass is 9.99. The van der Waals surface area contributed by atoms with Crippen LogP contribution in [0.2, 0.25) is 0 Å². The van der Waals surface area contributed by atoms with Gasteiger partial charge in [-0.3, -0.25) is 4.79 Å². The molecule has 1 fully saturated rings. The van der Waals surface area contributed by atoms with E-state index < -0.39 is 37.3 Å². The fraction of sp³-hybridized carbons (Fsp3) is 0.270. The minimum absolute atomic E-state index is 0.00332. The average molecular weight is 690 g/mol. The Morgan fingerprint density at radius 3 is 2.10 bits per heavy atom. The van der Waals surface area contributed by atoms with Gasteiger partial charge < -0.3 is 58.2 Å². The van der Waals surface area contributed by atoms with Gasteiger partial charge in [-0.2, -0.15) is 0 Å². The predicted molar refractivity (Wildman–Crippen MR) is 183 cm³/mol. The van der Waals surface area contributed by atoms with Crippen LogP contribution in [0, 0.1) is 0 Å². The molecule has 13 heteroatoms. The molecule has 3 heterocycles. The number of phenolic OH excluding ortho intramolecular Hbond substituents is 1. The van der Waals surface area contributed by atoms with Gasteiger partial charge in [-0.1, -0.05) is 18.2 Å². The van der Waals surface area contributed by atoms with Crippen LogP contribution in [0.1, 0.15) is 11.3 Å². The normalized spacial score (nSPS) is 21.2. The molecule has 0 spiro atoms. The van der Waals surface area contributed by atoms with E-state index in [1.807, 2.05) is 24.3 Å². The second kappa shape index (κ2) is 14.4. The number of phenols is 1. The fourth-order valence-electron chi connectivity index (χ4n) is 5.77. The second-order valence-electron chi connectivity index (χ2n) is 12.0. The van der Waals surface area contributed by atoms with Crippen molar-refractivity contribution in [3.05, 3.63) is 83.5 Å². The maximum Gasteiger partial charge on any atom is 0.347 e. The Hall–Kier alpha value is -5.15. The van der Waals surface area contributed by atoms with Crippen LogP contribution < -0.4 is 24.5 Å². The van der Waals surface area contributed by atoms with Crippen LogP contribution >= 0.6 is 0 Å². The fourth-order valence-corrected chi connectivity index (χ4v) is 5.77. The predicted octanol–water partition coefficient (Wildman–Crippen LogP) is 2.25. The van der Waals surface area contributed by atoms with Gasteiger partial charge in [-0.05, 0) is 54.1 Å². The lowest BCUT2D eigenvalue weighted by Gasteiger charge is -2.39. The van der Waals surface area contributed by atoms with Crippen LogP contribution in [0.25, 0.3) is 45.4 Å². The number of aliphatic hydroxyl groups is 4. The Balaban J connectivity index is 1.53. The topological polar surface area (TPSA) is 190 Å². The Labute approximate surface area is 286 Å². The van der Waals surface area contributed by atoms with E-state index in [2.05, 4.69) is 26.2 Å². The number of rotatable bonds is 10. The lowest BCUT2D eigenvalue weighted by molar-refractivity contribution is -0.786. The molecule has 5 aromatic rings. The molecule has 13 nitrogen and oxygen atoms in total. The highest BCUT2D eigenvalue weighted by Crippen LogP contribution is 2.47. The highest BCUT2D eigenvalue weighted by atomic mass is 16.7. The molecule has 0 radical (unpaired) electrons. The number of hydrogen-bond donors (Lipinski definition) is 6. The Morgan fingerprint density at radius 1 is 0.840 bits per heavy atom.